The van der Waals surface area contributed by atoms with Crippen molar-refractivity contribution in [3.05, 3.63) is 59.2 Å². The monoisotopic (exact) mass is 352 g/mol. The van der Waals surface area contributed by atoms with Crippen molar-refractivity contribution < 1.29 is 9.84 Å². The molecule has 1 fully saturated rings. The van der Waals surface area contributed by atoms with Crippen LogP contribution in [0, 0.1) is 0 Å². The third kappa shape index (κ3) is 3.71. The van der Waals surface area contributed by atoms with E-state index in [1.165, 1.54) is 24.0 Å². The molecule has 2 aromatic rings. The molecule has 2 aliphatic heterocycles. The van der Waals surface area contributed by atoms with Crippen molar-refractivity contribution in [1.29, 1.82) is 0 Å². The molecule has 4 rings (SSSR count). The summed E-state index contributed by atoms with van der Waals surface area (Å²) in [5.74, 6) is 1.17. The number of hydrogen-bond donors (Lipinski definition) is 1. The second kappa shape index (κ2) is 7.68. The number of phenolic OH excluding ortho intramolecular Hbond substituents is 1. The van der Waals surface area contributed by atoms with Gasteiger partial charge in [0.2, 0.25) is 0 Å². The molecule has 0 aromatic heterocycles. The Balaban J connectivity index is 1.42. The van der Waals surface area contributed by atoms with E-state index in [0.717, 1.165) is 50.5 Å². The van der Waals surface area contributed by atoms with Crippen LogP contribution in [-0.2, 0) is 19.5 Å². The second-order valence-corrected chi connectivity index (χ2v) is 7.51. The van der Waals surface area contributed by atoms with Gasteiger partial charge in [-0.3, -0.25) is 9.80 Å². The summed E-state index contributed by atoms with van der Waals surface area (Å²) in [6.45, 7) is 5.17. The van der Waals surface area contributed by atoms with Crippen LogP contribution >= 0.6 is 0 Å². The predicted molar refractivity (Wildman–Crippen MR) is 104 cm³/mol. The van der Waals surface area contributed by atoms with Gasteiger partial charge in [0.05, 0.1) is 7.11 Å². The van der Waals surface area contributed by atoms with Crippen LogP contribution in [0.1, 0.15) is 29.5 Å². The second-order valence-electron chi connectivity index (χ2n) is 7.51. The third-order valence-electron chi connectivity index (χ3n) is 5.84. The molecule has 1 saturated heterocycles. The molecule has 1 N–H and O–H groups in total. The number of fused-ring (bicyclic) bond motifs is 1. The fourth-order valence-electron chi connectivity index (χ4n) is 4.36. The summed E-state index contributed by atoms with van der Waals surface area (Å²) in [4.78, 5) is 5.13. The maximum Gasteiger partial charge on any atom is 0.120 e. The van der Waals surface area contributed by atoms with Crippen LogP contribution in [0.5, 0.6) is 11.5 Å². The molecule has 26 heavy (non-hydrogen) atoms. The summed E-state index contributed by atoms with van der Waals surface area (Å²) in [5, 5.41) is 10.2. The van der Waals surface area contributed by atoms with Gasteiger partial charge in [-0.15, -0.1) is 0 Å². The standard InChI is InChI=1S/C22H28N2O2/c1-26-21-8-9-22(25)19(13-21)14-23-11-4-7-20(16-23)24-12-10-17-5-2-3-6-18(17)15-24/h2-3,5-6,8-9,13,20,25H,4,7,10-12,14-16H2,1H3/t20-/m0/s1. The largest absolute Gasteiger partial charge is 0.508 e. The number of methoxy groups -OCH3 is 1. The average Bonchev–Trinajstić information content (AvgIpc) is 2.69. The number of ether oxygens (including phenoxy) is 1. The van der Waals surface area contributed by atoms with E-state index in [9.17, 15) is 5.11 Å². The van der Waals surface area contributed by atoms with Crippen LogP contribution in [0.3, 0.4) is 0 Å². The van der Waals surface area contributed by atoms with Crippen molar-refractivity contribution in [3.8, 4) is 11.5 Å². The maximum absolute atomic E-state index is 10.2. The summed E-state index contributed by atoms with van der Waals surface area (Å²) in [7, 11) is 1.67. The molecule has 0 radical (unpaired) electrons. The Morgan fingerprint density at radius 3 is 2.81 bits per heavy atom. The van der Waals surface area contributed by atoms with E-state index in [2.05, 4.69) is 34.1 Å². The minimum atomic E-state index is 0.361. The molecule has 2 heterocycles. The molecule has 2 aliphatic rings. The molecule has 0 aliphatic carbocycles. The quantitative estimate of drug-likeness (QED) is 0.915. The van der Waals surface area contributed by atoms with Crippen molar-refractivity contribution in [2.24, 2.45) is 0 Å². The Hall–Kier alpha value is -2.04. The molecule has 4 heteroatoms. The Morgan fingerprint density at radius 1 is 1.12 bits per heavy atom. The average molecular weight is 352 g/mol. The summed E-state index contributed by atoms with van der Waals surface area (Å²) in [6, 6.07) is 14.9. The SMILES string of the molecule is COc1ccc(O)c(CN2CCC[C@H](N3CCc4ccccc4C3)C2)c1. The van der Waals surface area contributed by atoms with Crippen LogP contribution in [0.4, 0.5) is 0 Å². The number of aromatic hydroxyl groups is 1. The molecule has 0 saturated carbocycles. The van der Waals surface area contributed by atoms with Crippen molar-refractivity contribution in [2.45, 2.75) is 38.4 Å². The van der Waals surface area contributed by atoms with Crippen molar-refractivity contribution in [3.63, 3.8) is 0 Å². The summed E-state index contributed by atoms with van der Waals surface area (Å²) >= 11 is 0. The molecule has 0 spiro atoms. The molecule has 138 valence electrons. The van der Waals surface area contributed by atoms with Crippen LogP contribution in [0.15, 0.2) is 42.5 Å². The van der Waals surface area contributed by atoms with Crippen LogP contribution in [0.25, 0.3) is 0 Å². The normalized spacial score (nSPS) is 21.3. The summed E-state index contributed by atoms with van der Waals surface area (Å²) < 4.78 is 5.31. The van der Waals surface area contributed by atoms with E-state index < -0.39 is 0 Å². The highest BCUT2D eigenvalue weighted by molar-refractivity contribution is 5.39. The van der Waals surface area contributed by atoms with Gasteiger partial charge in [-0.1, -0.05) is 24.3 Å². The van der Waals surface area contributed by atoms with Crippen LogP contribution < -0.4 is 4.74 Å². The van der Waals surface area contributed by atoms with Crippen LogP contribution in [-0.4, -0.2) is 47.7 Å². The number of likely N-dealkylation sites (tertiary alicyclic amines) is 1. The van der Waals surface area contributed by atoms with Gasteiger partial charge < -0.3 is 9.84 Å². The zero-order valence-corrected chi connectivity index (χ0v) is 15.5. The Kier molecular flexibility index (Phi) is 5.14. The van der Waals surface area contributed by atoms with E-state index >= 15 is 0 Å². The number of rotatable bonds is 4. The molecular weight excluding hydrogens is 324 g/mol. The smallest absolute Gasteiger partial charge is 0.120 e. The van der Waals surface area contributed by atoms with E-state index in [0.29, 0.717) is 11.8 Å². The van der Waals surface area contributed by atoms with E-state index in [1.54, 1.807) is 13.2 Å². The van der Waals surface area contributed by atoms with Gasteiger partial charge in [0, 0.05) is 37.8 Å². The maximum atomic E-state index is 10.2. The number of phenols is 1. The first-order chi connectivity index (χ1) is 12.7. The summed E-state index contributed by atoms with van der Waals surface area (Å²) in [6.07, 6.45) is 3.64. The Labute approximate surface area is 156 Å². The van der Waals surface area contributed by atoms with E-state index in [4.69, 9.17) is 4.74 Å². The van der Waals surface area contributed by atoms with Gasteiger partial charge >= 0.3 is 0 Å². The first-order valence-electron chi connectivity index (χ1n) is 9.62. The number of hydrogen-bond acceptors (Lipinski definition) is 4. The lowest BCUT2D eigenvalue weighted by Crippen LogP contribution is -2.49. The molecule has 2 aromatic carbocycles. The van der Waals surface area contributed by atoms with Crippen molar-refractivity contribution in [2.75, 3.05) is 26.7 Å². The Bertz CT molecular complexity index is 762. The first-order valence-corrected chi connectivity index (χ1v) is 9.62. The number of nitrogens with zero attached hydrogens (tertiary/aromatic N) is 2. The molecule has 4 nitrogen and oxygen atoms in total. The zero-order chi connectivity index (χ0) is 17.9. The highest BCUT2D eigenvalue weighted by Gasteiger charge is 2.28. The molecule has 0 amide bonds. The highest BCUT2D eigenvalue weighted by atomic mass is 16.5. The van der Waals surface area contributed by atoms with Gasteiger partial charge in [0.15, 0.2) is 0 Å². The van der Waals surface area contributed by atoms with E-state index in [-0.39, 0.29) is 0 Å². The molecule has 0 bridgehead atoms. The van der Waals surface area contributed by atoms with Crippen molar-refractivity contribution in [1.82, 2.24) is 9.80 Å². The topological polar surface area (TPSA) is 35.9 Å². The van der Waals surface area contributed by atoms with Crippen LogP contribution in [0.2, 0.25) is 0 Å². The third-order valence-corrected chi connectivity index (χ3v) is 5.84. The molecular formula is C22H28N2O2. The minimum Gasteiger partial charge on any atom is -0.508 e. The minimum absolute atomic E-state index is 0.361. The number of benzene rings is 2. The summed E-state index contributed by atoms with van der Waals surface area (Å²) in [5.41, 5.74) is 3.95. The molecule has 0 unspecified atom stereocenters. The fraction of sp³-hybridized carbons (Fsp3) is 0.455. The van der Waals surface area contributed by atoms with Gasteiger partial charge in [0.1, 0.15) is 11.5 Å². The fourth-order valence-corrected chi connectivity index (χ4v) is 4.36. The van der Waals surface area contributed by atoms with Gasteiger partial charge in [0.25, 0.3) is 0 Å². The highest BCUT2D eigenvalue weighted by Crippen LogP contribution is 2.28. The lowest BCUT2D eigenvalue weighted by Gasteiger charge is -2.41. The number of piperidine rings is 1. The zero-order valence-electron chi connectivity index (χ0n) is 15.5. The first kappa shape index (κ1) is 17.4. The Morgan fingerprint density at radius 2 is 1.96 bits per heavy atom. The van der Waals surface area contributed by atoms with Gasteiger partial charge in [-0.05, 0) is 55.1 Å². The van der Waals surface area contributed by atoms with Gasteiger partial charge in [-0.2, -0.15) is 0 Å². The van der Waals surface area contributed by atoms with Crippen molar-refractivity contribution >= 4 is 0 Å². The lowest BCUT2D eigenvalue weighted by molar-refractivity contribution is 0.0834. The predicted octanol–water partition coefficient (Wildman–Crippen LogP) is 3.42. The molecule has 1 atom stereocenters. The van der Waals surface area contributed by atoms with E-state index in [1.807, 2.05) is 12.1 Å². The van der Waals surface area contributed by atoms with Gasteiger partial charge in [-0.25, -0.2) is 0 Å². The lowest BCUT2D eigenvalue weighted by atomic mass is 9.96.